The molecule has 0 aromatic heterocycles. The summed E-state index contributed by atoms with van der Waals surface area (Å²) in [7, 11) is -2.22. The second kappa shape index (κ2) is 5.90. The van der Waals surface area contributed by atoms with E-state index in [-0.39, 0.29) is 6.61 Å². The van der Waals surface area contributed by atoms with Crippen LogP contribution in [0.1, 0.15) is 25.5 Å². The predicted molar refractivity (Wildman–Crippen MR) is 77.8 cm³/mol. The second-order valence-corrected chi connectivity index (χ2v) is 6.43. The first kappa shape index (κ1) is 16.2. The summed E-state index contributed by atoms with van der Waals surface area (Å²) in [4.78, 5) is 0. The lowest BCUT2D eigenvalue weighted by Crippen LogP contribution is -2.28. The topological polar surface area (TPSA) is 99.9 Å². The van der Waals surface area contributed by atoms with E-state index in [1.54, 1.807) is 20.9 Å². The van der Waals surface area contributed by atoms with Gasteiger partial charge in [-0.15, -0.1) is 0 Å². The molecule has 0 saturated carbocycles. The van der Waals surface area contributed by atoms with Gasteiger partial charge in [0.1, 0.15) is 12.2 Å². The molecule has 0 amide bonds. The number of rotatable bonds is 5. The maximum atomic E-state index is 11.0. The van der Waals surface area contributed by atoms with Gasteiger partial charge in [-0.3, -0.25) is 4.18 Å². The van der Waals surface area contributed by atoms with Crippen molar-refractivity contribution in [2.75, 3.05) is 19.0 Å². The number of anilines is 1. The van der Waals surface area contributed by atoms with E-state index >= 15 is 0 Å². The van der Waals surface area contributed by atoms with Crippen molar-refractivity contribution in [1.29, 1.82) is 0 Å². The Hall–Kier alpha value is -1.19. The first-order valence-electron chi connectivity index (χ1n) is 6.51. The zero-order valence-corrected chi connectivity index (χ0v) is 13.0. The monoisotopic (exact) mass is 316 g/mol. The van der Waals surface area contributed by atoms with Crippen molar-refractivity contribution < 1.29 is 22.1 Å². The quantitative estimate of drug-likeness (QED) is 0.845. The molecule has 0 bridgehead atoms. The Bertz CT molecular complexity index is 602. The molecule has 0 unspecified atom stereocenters. The van der Waals surface area contributed by atoms with Gasteiger partial charge in [0.25, 0.3) is 0 Å². The fourth-order valence-electron chi connectivity index (χ4n) is 2.36. The van der Waals surface area contributed by atoms with E-state index in [4.69, 9.17) is 14.6 Å². The fourth-order valence-corrected chi connectivity index (χ4v) is 2.68. The van der Waals surface area contributed by atoms with Gasteiger partial charge in [0.05, 0.1) is 6.61 Å². The number of hydrogen-bond acceptors (Lipinski definition) is 6. The molecule has 3 N–H and O–H groups in total. The molecule has 1 aromatic rings. The van der Waals surface area contributed by atoms with Crippen LogP contribution in [0.4, 0.5) is 5.69 Å². The predicted octanol–water partition coefficient (Wildman–Crippen LogP) is 1.14. The van der Waals surface area contributed by atoms with Crippen LogP contribution in [0.25, 0.3) is 0 Å². The number of ether oxygens (including phenoxy) is 2. The smallest absolute Gasteiger partial charge is 0.333 e. The average Bonchev–Trinajstić information content (AvgIpc) is 2.71. The van der Waals surface area contributed by atoms with Crippen LogP contribution in [0, 0.1) is 0 Å². The highest BCUT2D eigenvalue weighted by atomic mass is 32.2. The third-order valence-corrected chi connectivity index (χ3v) is 3.58. The van der Waals surface area contributed by atoms with Crippen molar-refractivity contribution in [3.63, 3.8) is 0 Å². The summed E-state index contributed by atoms with van der Waals surface area (Å²) in [5, 5.41) is 7.94. The molecule has 7 nitrogen and oxygen atoms in total. The third-order valence-electron chi connectivity index (χ3n) is 3.12. The molecule has 1 aromatic carbocycles. The van der Waals surface area contributed by atoms with Crippen LogP contribution in [-0.2, 0) is 24.0 Å². The Morgan fingerprint density at radius 1 is 1.33 bits per heavy atom. The normalized spacial score (nSPS) is 25.0. The number of benzene rings is 1. The Morgan fingerprint density at radius 2 is 2.00 bits per heavy atom. The molecule has 0 spiro atoms. The van der Waals surface area contributed by atoms with Crippen molar-refractivity contribution in [2.24, 2.45) is 5.14 Å². The van der Waals surface area contributed by atoms with Crippen LogP contribution >= 0.6 is 0 Å². The van der Waals surface area contributed by atoms with Gasteiger partial charge in [-0.1, -0.05) is 18.2 Å². The number of hydrogen-bond donors (Lipinski definition) is 2. The van der Waals surface area contributed by atoms with Gasteiger partial charge in [-0.05, 0) is 19.9 Å². The third kappa shape index (κ3) is 4.14. The van der Waals surface area contributed by atoms with Crippen molar-refractivity contribution >= 4 is 16.0 Å². The van der Waals surface area contributed by atoms with E-state index in [0.717, 1.165) is 11.3 Å². The highest BCUT2D eigenvalue weighted by Gasteiger charge is 2.43. The fraction of sp³-hybridized carbons (Fsp3) is 0.538. The van der Waals surface area contributed by atoms with Gasteiger partial charge in [0.2, 0.25) is 0 Å². The average molecular weight is 316 g/mol. The highest BCUT2D eigenvalue weighted by molar-refractivity contribution is 7.84. The highest BCUT2D eigenvalue weighted by Crippen LogP contribution is 2.40. The molecular weight excluding hydrogens is 296 g/mol. The minimum absolute atomic E-state index is 0.203. The maximum absolute atomic E-state index is 11.0. The first-order chi connectivity index (χ1) is 9.72. The second-order valence-electron chi connectivity index (χ2n) is 5.21. The molecule has 8 heteroatoms. The van der Waals surface area contributed by atoms with Crippen molar-refractivity contribution in [3.05, 3.63) is 29.8 Å². The zero-order valence-electron chi connectivity index (χ0n) is 12.2. The van der Waals surface area contributed by atoms with Crippen LogP contribution in [0.15, 0.2) is 24.3 Å². The lowest BCUT2D eigenvalue weighted by atomic mass is 10.0. The molecule has 21 heavy (non-hydrogen) atoms. The summed E-state index contributed by atoms with van der Waals surface area (Å²) in [6, 6.07) is 7.57. The van der Waals surface area contributed by atoms with Gasteiger partial charge < -0.3 is 14.8 Å². The summed E-state index contributed by atoms with van der Waals surface area (Å²) < 4.78 is 38.2. The van der Waals surface area contributed by atoms with E-state index in [0.29, 0.717) is 0 Å². The molecule has 1 heterocycles. The van der Waals surface area contributed by atoms with Crippen LogP contribution in [0.3, 0.4) is 0 Å². The standard InChI is InChI=1S/C13H20N2O5S/c1-13(2)19-11(8-18-21(14,16)17)12(20-13)9-6-4-5-7-10(9)15-3/h4-7,11-12,15H,8H2,1-3H3,(H2,14,16,17)/t11-,12-/m1/s1. The van der Waals surface area contributed by atoms with Crippen molar-refractivity contribution in [2.45, 2.75) is 31.8 Å². The van der Waals surface area contributed by atoms with Crippen molar-refractivity contribution in [3.8, 4) is 0 Å². The Labute approximate surface area is 124 Å². The van der Waals surface area contributed by atoms with E-state index in [1.165, 1.54) is 0 Å². The molecule has 0 aliphatic carbocycles. The first-order valence-corrected chi connectivity index (χ1v) is 7.98. The zero-order chi connectivity index (χ0) is 15.7. The lowest BCUT2D eigenvalue weighted by molar-refractivity contribution is -0.148. The minimum atomic E-state index is -4.02. The summed E-state index contributed by atoms with van der Waals surface area (Å²) in [6.07, 6.45) is -1.03. The molecule has 1 saturated heterocycles. The number of nitrogens with two attached hydrogens (primary N) is 1. The Balaban J connectivity index is 2.26. The van der Waals surface area contributed by atoms with Gasteiger partial charge in [-0.25, -0.2) is 5.14 Å². The van der Waals surface area contributed by atoms with Gasteiger partial charge in [0, 0.05) is 18.3 Å². The molecule has 2 rings (SSSR count). The van der Waals surface area contributed by atoms with Gasteiger partial charge >= 0.3 is 10.3 Å². The van der Waals surface area contributed by atoms with Crippen molar-refractivity contribution in [1.82, 2.24) is 0 Å². The molecule has 118 valence electrons. The van der Waals surface area contributed by atoms with E-state index in [1.807, 2.05) is 24.3 Å². The molecule has 0 radical (unpaired) electrons. The van der Waals surface area contributed by atoms with Crippen LogP contribution < -0.4 is 10.5 Å². The van der Waals surface area contributed by atoms with Gasteiger partial charge in [0.15, 0.2) is 5.79 Å². The van der Waals surface area contributed by atoms with E-state index in [9.17, 15) is 8.42 Å². The number of nitrogens with one attached hydrogen (secondary N) is 1. The molecule has 1 fully saturated rings. The molecular formula is C13H20N2O5S. The molecule has 1 aliphatic heterocycles. The van der Waals surface area contributed by atoms with Crippen LogP contribution in [0.2, 0.25) is 0 Å². The largest absolute Gasteiger partial charge is 0.388 e. The summed E-state index contributed by atoms with van der Waals surface area (Å²) in [6.45, 7) is 3.32. The Morgan fingerprint density at radius 3 is 2.62 bits per heavy atom. The van der Waals surface area contributed by atoms with Crippen LogP contribution in [0.5, 0.6) is 0 Å². The maximum Gasteiger partial charge on any atom is 0.333 e. The summed E-state index contributed by atoms with van der Waals surface area (Å²) in [5.41, 5.74) is 1.75. The van der Waals surface area contributed by atoms with E-state index in [2.05, 4.69) is 9.50 Å². The summed E-state index contributed by atoms with van der Waals surface area (Å²) in [5.74, 6) is -0.835. The molecule has 2 atom stereocenters. The van der Waals surface area contributed by atoms with Crippen LogP contribution in [-0.4, -0.2) is 34.0 Å². The molecule has 1 aliphatic rings. The van der Waals surface area contributed by atoms with E-state index < -0.39 is 28.3 Å². The Kier molecular flexibility index (Phi) is 4.54. The minimum Gasteiger partial charge on any atom is -0.388 e. The van der Waals surface area contributed by atoms with Gasteiger partial charge in [-0.2, -0.15) is 8.42 Å². The summed E-state index contributed by atoms with van der Waals surface area (Å²) >= 11 is 0. The number of para-hydroxylation sites is 1. The lowest BCUT2D eigenvalue weighted by Gasteiger charge is -2.19. The SMILES string of the molecule is CNc1ccccc1[C@H]1OC(C)(C)O[C@@H]1COS(N)(=O)=O.